The number of carbonyl (C=O) groups is 1. The van der Waals surface area contributed by atoms with Gasteiger partial charge in [-0.2, -0.15) is 5.10 Å². The fourth-order valence-corrected chi connectivity index (χ4v) is 4.23. The lowest BCUT2D eigenvalue weighted by atomic mass is 10.1. The van der Waals surface area contributed by atoms with E-state index in [1.165, 1.54) is 6.42 Å². The molecule has 1 unspecified atom stereocenters. The summed E-state index contributed by atoms with van der Waals surface area (Å²) in [4.78, 5) is 27.5. The molecule has 1 atom stereocenters. The summed E-state index contributed by atoms with van der Waals surface area (Å²) in [6.45, 7) is 4.65. The molecule has 8 nitrogen and oxygen atoms in total. The highest BCUT2D eigenvalue weighted by Crippen LogP contribution is 2.25. The van der Waals surface area contributed by atoms with Crippen molar-refractivity contribution in [1.29, 1.82) is 0 Å². The van der Waals surface area contributed by atoms with E-state index in [1.54, 1.807) is 0 Å². The van der Waals surface area contributed by atoms with E-state index in [0.717, 1.165) is 48.5 Å². The SMILES string of the molecule is Cc1cc(C(=O)NC(c2ccccc2)c2n[nH]c(C)n2)c2nc3n(c2n1)CCCCC3. The van der Waals surface area contributed by atoms with Gasteiger partial charge in [-0.3, -0.25) is 9.89 Å². The summed E-state index contributed by atoms with van der Waals surface area (Å²) in [7, 11) is 0. The zero-order valence-electron chi connectivity index (χ0n) is 17.7. The van der Waals surface area contributed by atoms with Gasteiger partial charge in [-0.15, -0.1) is 0 Å². The summed E-state index contributed by atoms with van der Waals surface area (Å²) in [6.07, 6.45) is 4.33. The Balaban J connectivity index is 1.56. The third-order valence-electron chi connectivity index (χ3n) is 5.72. The van der Waals surface area contributed by atoms with Crippen molar-refractivity contribution >= 4 is 17.1 Å². The molecule has 0 fully saturated rings. The molecule has 1 aromatic carbocycles. The van der Waals surface area contributed by atoms with Gasteiger partial charge in [0, 0.05) is 18.7 Å². The molecule has 158 valence electrons. The smallest absolute Gasteiger partial charge is 0.254 e. The second-order valence-electron chi connectivity index (χ2n) is 8.07. The molecule has 31 heavy (non-hydrogen) atoms. The molecule has 0 spiro atoms. The molecule has 4 aromatic rings. The van der Waals surface area contributed by atoms with Crippen LogP contribution < -0.4 is 5.32 Å². The number of hydrogen-bond acceptors (Lipinski definition) is 5. The lowest BCUT2D eigenvalue weighted by molar-refractivity contribution is 0.0943. The number of pyridine rings is 1. The Labute approximate surface area is 180 Å². The van der Waals surface area contributed by atoms with E-state index >= 15 is 0 Å². The second-order valence-corrected chi connectivity index (χ2v) is 8.07. The average molecular weight is 416 g/mol. The van der Waals surface area contributed by atoms with Crippen molar-refractivity contribution < 1.29 is 4.79 Å². The Kier molecular flexibility index (Phi) is 4.97. The fourth-order valence-electron chi connectivity index (χ4n) is 4.23. The number of aryl methyl sites for hydroxylation is 4. The van der Waals surface area contributed by atoms with E-state index in [-0.39, 0.29) is 5.91 Å². The molecule has 1 aliphatic heterocycles. The first-order valence-corrected chi connectivity index (χ1v) is 10.7. The van der Waals surface area contributed by atoms with Crippen LogP contribution in [0.5, 0.6) is 0 Å². The predicted octanol–water partition coefficient (Wildman–Crippen LogP) is 3.41. The second kappa shape index (κ2) is 7.94. The van der Waals surface area contributed by atoms with Gasteiger partial charge in [-0.1, -0.05) is 36.8 Å². The van der Waals surface area contributed by atoms with E-state index in [2.05, 4.69) is 25.1 Å². The number of H-pyrrole nitrogens is 1. The first-order valence-electron chi connectivity index (χ1n) is 10.7. The number of aromatic amines is 1. The van der Waals surface area contributed by atoms with Crippen LogP contribution in [0.25, 0.3) is 11.2 Å². The average Bonchev–Trinajstić information content (AvgIpc) is 3.27. The van der Waals surface area contributed by atoms with Crippen molar-refractivity contribution in [3.05, 3.63) is 70.7 Å². The molecule has 0 bridgehead atoms. The highest BCUT2D eigenvalue weighted by molar-refractivity contribution is 6.04. The number of amides is 1. The lowest BCUT2D eigenvalue weighted by Crippen LogP contribution is -2.30. The van der Waals surface area contributed by atoms with Crippen LogP contribution >= 0.6 is 0 Å². The quantitative estimate of drug-likeness (QED) is 0.532. The van der Waals surface area contributed by atoms with Gasteiger partial charge >= 0.3 is 0 Å². The van der Waals surface area contributed by atoms with E-state index in [4.69, 9.17) is 9.97 Å². The van der Waals surface area contributed by atoms with Crippen molar-refractivity contribution in [2.24, 2.45) is 0 Å². The first kappa shape index (κ1) is 19.4. The zero-order valence-corrected chi connectivity index (χ0v) is 17.7. The summed E-state index contributed by atoms with van der Waals surface area (Å²) < 4.78 is 2.18. The molecule has 4 heterocycles. The largest absolute Gasteiger partial charge is 0.338 e. The number of benzene rings is 1. The summed E-state index contributed by atoms with van der Waals surface area (Å²) in [5.74, 6) is 2.04. The molecule has 1 aliphatic rings. The van der Waals surface area contributed by atoms with Crippen LogP contribution in [-0.2, 0) is 13.0 Å². The minimum atomic E-state index is -0.470. The summed E-state index contributed by atoms with van der Waals surface area (Å²) in [6, 6.07) is 11.1. The molecule has 5 rings (SSSR count). The zero-order chi connectivity index (χ0) is 21.4. The van der Waals surface area contributed by atoms with Crippen LogP contribution in [0.2, 0.25) is 0 Å². The molecule has 1 amide bonds. The van der Waals surface area contributed by atoms with Crippen molar-refractivity contribution in [3.63, 3.8) is 0 Å². The maximum absolute atomic E-state index is 13.5. The number of imidazole rings is 1. The number of nitrogens with zero attached hydrogens (tertiary/aromatic N) is 5. The van der Waals surface area contributed by atoms with Crippen molar-refractivity contribution in [2.45, 2.75) is 52.1 Å². The van der Waals surface area contributed by atoms with Gasteiger partial charge in [0.2, 0.25) is 0 Å². The summed E-state index contributed by atoms with van der Waals surface area (Å²) in [5, 5.41) is 10.3. The number of nitrogens with one attached hydrogen (secondary N) is 2. The normalized spacial score (nSPS) is 14.8. The third-order valence-corrected chi connectivity index (χ3v) is 5.72. The number of rotatable bonds is 4. The molecular weight excluding hydrogens is 390 g/mol. The van der Waals surface area contributed by atoms with Crippen LogP contribution in [0.15, 0.2) is 36.4 Å². The van der Waals surface area contributed by atoms with Crippen LogP contribution in [0.1, 0.15) is 64.4 Å². The van der Waals surface area contributed by atoms with Crippen molar-refractivity contribution in [2.75, 3.05) is 0 Å². The number of aromatic nitrogens is 6. The molecular formula is C23H25N7O. The van der Waals surface area contributed by atoms with Gasteiger partial charge in [-0.05, 0) is 38.3 Å². The Morgan fingerprint density at radius 2 is 1.94 bits per heavy atom. The van der Waals surface area contributed by atoms with Crippen molar-refractivity contribution in [3.8, 4) is 0 Å². The van der Waals surface area contributed by atoms with Gasteiger partial charge in [-0.25, -0.2) is 15.0 Å². The summed E-state index contributed by atoms with van der Waals surface area (Å²) in [5.41, 5.74) is 3.72. The highest BCUT2D eigenvalue weighted by Gasteiger charge is 2.25. The van der Waals surface area contributed by atoms with E-state index in [1.807, 2.05) is 50.2 Å². The maximum Gasteiger partial charge on any atom is 0.254 e. The third kappa shape index (κ3) is 3.69. The highest BCUT2D eigenvalue weighted by atomic mass is 16.1. The molecule has 2 N–H and O–H groups in total. The van der Waals surface area contributed by atoms with Gasteiger partial charge in [0.05, 0.1) is 5.56 Å². The van der Waals surface area contributed by atoms with Crippen LogP contribution in [0.4, 0.5) is 0 Å². The van der Waals surface area contributed by atoms with Crippen LogP contribution in [0, 0.1) is 13.8 Å². The van der Waals surface area contributed by atoms with Crippen LogP contribution in [0.3, 0.4) is 0 Å². The summed E-state index contributed by atoms with van der Waals surface area (Å²) >= 11 is 0. The predicted molar refractivity (Wildman–Crippen MR) is 117 cm³/mol. The van der Waals surface area contributed by atoms with E-state index < -0.39 is 6.04 Å². The van der Waals surface area contributed by atoms with Crippen LogP contribution in [-0.4, -0.2) is 35.6 Å². The maximum atomic E-state index is 13.5. The lowest BCUT2D eigenvalue weighted by Gasteiger charge is -2.17. The van der Waals surface area contributed by atoms with Crippen molar-refractivity contribution in [1.82, 2.24) is 35.0 Å². The first-order chi connectivity index (χ1) is 15.1. The Hall–Kier alpha value is -3.55. The molecule has 0 aliphatic carbocycles. The fraction of sp³-hybridized carbons (Fsp3) is 0.348. The minimum Gasteiger partial charge on any atom is -0.338 e. The van der Waals surface area contributed by atoms with Gasteiger partial charge in [0.1, 0.15) is 23.2 Å². The van der Waals surface area contributed by atoms with E-state index in [0.29, 0.717) is 22.7 Å². The topological polar surface area (TPSA) is 101 Å². The number of hydrogen-bond donors (Lipinski definition) is 2. The molecule has 0 radical (unpaired) electrons. The minimum absolute atomic E-state index is 0.208. The molecule has 3 aromatic heterocycles. The Bertz CT molecular complexity index is 1240. The van der Waals surface area contributed by atoms with Gasteiger partial charge in [0.15, 0.2) is 11.5 Å². The monoisotopic (exact) mass is 415 g/mol. The molecule has 0 saturated heterocycles. The Morgan fingerprint density at radius 1 is 1.10 bits per heavy atom. The number of fused-ring (bicyclic) bond motifs is 3. The Morgan fingerprint density at radius 3 is 2.71 bits per heavy atom. The molecule has 0 saturated carbocycles. The van der Waals surface area contributed by atoms with E-state index in [9.17, 15) is 4.79 Å². The molecule has 8 heteroatoms. The van der Waals surface area contributed by atoms with Gasteiger partial charge in [0.25, 0.3) is 5.91 Å². The number of carbonyl (C=O) groups excluding carboxylic acids is 1. The van der Waals surface area contributed by atoms with Gasteiger partial charge < -0.3 is 9.88 Å². The standard InChI is InChI=1S/C23H25N7O/c1-14-13-17(20-22(24-14)30-12-8-4-7-11-18(30)26-20)23(31)27-19(16-9-5-3-6-10-16)21-25-15(2)28-29-21/h3,5-6,9-10,13,19H,4,7-8,11-12H2,1-2H3,(H,27,31)(H,25,28,29).